The van der Waals surface area contributed by atoms with E-state index in [0.29, 0.717) is 5.45 Å². The van der Waals surface area contributed by atoms with E-state index < -0.39 is 0 Å². The molecule has 0 aromatic rings. The van der Waals surface area contributed by atoms with Gasteiger partial charge in [-0.3, -0.25) is 14.5 Å². The van der Waals surface area contributed by atoms with Gasteiger partial charge in [0.2, 0.25) is 11.8 Å². The summed E-state index contributed by atoms with van der Waals surface area (Å²) < 4.78 is 0. The third-order valence-electron chi connectivity index (χ3n) is 1.02. The summed E-state index contributed by atoms with van der Waals surface area (Å²) in [5.41, 5.74) is 0.338. The molecule has 0 aromatic carbocycles. The molecule has 4 heteroatoms. The zero-order valence-electron chi connectivity index (χ0n) is 4.06. The Morgan fingerprint density at radius 3 is 2.12 bits per heavy atom. The maximum absolute atomic E-state index is 10.3. The minimum absolute atomic E-state index is 0.0889. The Morgan fingerprint density at radius 2 is 2.00 bits per heavy atom. The summed E-state index contributed by atoms with van der Waals surface area (Å²) in [6.07, 6.45) is 0.0889. The van der Waals surface area contributed by atoms with Crippen LogP contribution in [0.25, 0.3) is 0 Å². The van der Waals surface area contributed by atoms with E-state index in [9.17, 15) is 9.59 Å². The lowest BCUT2D eigenvalue weighted by atomic mass is 10.2. The van der Waals surface area contributed by atoms with Gasteiger partial charge in [0.15, 0.2) is 0 Å². The molecule has 0 unspecified atom stereocenters. The van der Waals surface area contributed by atoms with Crippen LogP contribution < -0.4 is 0 Å². The summed E-state index contributed by atoms with van der Waals surface area (Å²) in [4.78, 5) is 21.8. The highest BCUT2D eigenvalue weighted by atomic mass is 79.9. The Labute approximate surface area is 54.8 Å². The molecular weight excluding hydrogens is 174 g/mol. The number of imide groups is 1. The normalized spacial score (nSPS) is 18.9. The van der Waals surface area contributed by atoms with Crippen LogP contribution in [0.3, 0.4) is 0 Å². The van der Waals surface area contributed by atoms with Crippen molar-refractivity contribution in [3.05, 3.63) is 0 Å². The largest absolute Gasteiger partial charge is 0.274 e. The molecule has 0 N–H and O–H groups in total. The first-order chi connectivity index (χ1) is 3.75. The van der Waals surface area contributed by atoms with E-state index in [1.165, 1.54) is 0 Å². The molecule has 1 aliphatic heterocycles. The Bertz CT molecular complexity index is 131. The lowest BCUT2D eigenvalue weighted by molar-refractivity contribution is -0.155. The fourth-order valence-corrected chi connectivity index (χ4v) is 1.06. The Balaban J connectivity index is 2.52. The van der Waals surface area contributed by atoms with Gasteiger partial charge in [0.1, 0.15) is 6.42 Å². The highest BCUT2D eigenvalue weighted by molar-refractivity contribution is 9.09. The van der Waals surface area contributed by atoms with Crippen LogP contribution in [0.2, 0.25) is 0 Å². The third kappa shape index (κ3) is 0.647. The molecule has 2 amide bonds. The molecule has 0 bridgehead atoms. The molecule has 1 rings (SSSR count). The molecule has 1 fully saturated rings. The summed E-state index contributed by atoms with van der Waals surface area (Å²) >= 11 is 2.99. The number of carbonyl (C=O) groups excluding carboxylic acids is 2. The van der Waals surface area contributed by atoms with Gasteiger partial charge in [0, 0.05) is 0 Å². The van der Waals surface area contributed by atoms with Gasteiger partial charge >= 0.3 is 0 Å². The van der Waals surface area contributed by atoms with Gasteiger partial charge in [0.05, 0.1) is 5.45 Å². The van der Waals surface area contributed by atoms with Gasteiger partial charge in [0.25, 0.3) is 0 Å². The second-order valence-corrected chi connectivity index (χ2v) is 2.01. The van der Waals surface area contributed by atoms with E-state index in [-0.39, 0.29) is 18.2 Å². The van der Waals surface area contributed by atoms with Crippen molar-refractivity contribution in [3.63, 3.8) is 0 Å². The van der Waals surface area contributed by atoms with E-state index in [1.807, 2.05) is 0 Å². The highest BCUT2D eigenvalue weighted by Gasteiger charge is 2.32. The summed E-state index contributed by atoms with van der Waals surface area (Å²) in [6, 6.07) is 0. The molecule has 0 aromatic heterocycles. The van der Waals surface area contributed by atoms with E-state index in [2.05, 4.69) is 15.9 Å². The Morgan fingerprint density at radius 1 is 1.50 bits per heavy atom. The summed E-state index contributed by atoms with van der Waals surface area (Å²) in [6.45, 7) is 0. The van der Waals surface area contributed by atoms with Crippen molar-refractivity contribution in [3.8, 4) is 0 Å². The summed E-state index contributed by atoms with van der Waals surface area (Å²) in [7, 11) is 0. The lowest BCUT2D eigenvalue weighted by Crippen LogP contribution is -2.47. The van der Waals surface area contributed by atoms with Crippen LogP contribution in [-0.4, -0.2) is 22.2 Å². The van der Waals surface area contributed by atoms with Crippen LogP contribution in [0.4, 0.5) is 0 Å². The van der Waals surface area contributed by atoms with Crippen LogP contribution in [0, 0.1) is 0 Å². The van der Waals surface area contributed by atoms with Crippen LogP contribution in [0.1, 0.15) is 6.42 Å². The number of amides is 2. The molecule has 1 saturated heterocycles. The SMILES string of the molecule is O=C1CC(=O)N1CBr. The lowest BCUT2D eigenvalue weighted by Gasteiger charge is -2.25. The molecule has 1 heterocycles. The van der Waals surface area contributed by atoms with Crippen molar-refractivity contribution in [2.24, 2.45) is 0 Å². The standard InChI is InChI=1S/C4H4BrNO2/c5-2-6-3(7)1-4(6)8/h1-2H2. The first-order valence-electron chi connectivity index (χ1n) is 2.15. The van der Waals surface area contributed by atoms with E-state index in [1.54, 1.807) is 0 Å². The molecule has 3 nitrogen and oxygen atoms in total. The van der Waals surface area contributed by atoms with Crippen LogP contribution in [0.5, 0.6) is 0 Å². The van der Waals surface area contributed by atoms with Crippen molar-refractivity contribution in [2.45, 2.75) is 6.42 Å². The molecule has 0 spiro atoms. The fraction of sp³-hybridized carbons (Fsp3) is 0.500. The molecule has 0 atom stereocenters. The topological polar surface area (TPSA) is 37.4 Å². The average Bonchev–Trinajstić information content (AvgIpc) is 1.67. The number of nitrogens with zero attached hydrogens (tertiary/aromatic N) is 1. The first kappa shape index (κ1) is 5.75. The summed E-state index contributed by atoms with van der Waals surface area (Å²) in [5, 5.41) is 0. The second kappa shape index (κ2) is 1.85. The molecule has 0 saturated carbocycles. The fourth-order valence-electron chi connectivity index (χ4n) is 0.501. The minimum atomic E-state index is -0.0909. The predicted molar refractivity (Wildman–Crippen MR) is 30.3 cm³/mol. The maximum atomic E-state index is 10.3. The van der Waals surface area contributed by atoms with Crippen molar-refractivity contribution in [1.29, 1.82) is 0 Å². The molecular formula is C4H4BrNO2. The highest BCUT2D eigenvalue weighted by Crippen LogP contribution is 2.11. The Kier molecular flexibility index (Phi) is 1.33. The van der Waals surface area contributed by atoms with E-state index >= 15 is 0 Å². The van der Waals surface area contributed by atoms with Crippen LogP contribution in [0.15, 0.2) is 0 Å². The van der Waals surface area contributed by atoms with Gasteiger partial charge in [-0.1, -0.05) is 15.9 Å². The number of halogens is 1. The van der Waals surface area contributed by atoms with Crippen molar-refractivity contribution < 1.29 is 9.59 Å². The summed E-state index contributed by atoms with van der Waals surface area (Å²) in [5.74, 6) is -0.182. The smallest absolute Gasteiger partial charge is 0.239 e. The molecule has 0 radical (unpaired) electrons. The van der Waals surface area contributed by atoms with E-state index in [4.69, 9.17) is 0 Å². The first-order valence-corrected chi connectivity index (χ1v) is 3.27. The van der Waals surface area contributed by atoms with Crippen LogP contribution in [-0.2, 0) is 9.59 Å². The van der Waals surface area contributed by atoms with Gasteiger partial charge in [-0.15, -0.1) is 0 Å². The number of β-lactam (4-membered cyclic amide) rings is 2. The molecule has 8 heavy (non-hydrogen) atoms. The maximum Gasteiger partial charge on any atom is 0.239 e. The number of likely N-dealkylation sites (tertiary alicyclic amines) is 1. The molecule has 0 aliphatic carbocycles. The monoisotopic (exact) mass is 177 g/mol. The number of rotatable bonds is 1. The van der Waals surface area contributed by atoms with E-state index in [0.717, 1.165) is 4.90 Å². The van der Waals surface area contributed by atoms with Gasteiger partial charge < -0.3 is 0 Å². The Hall–Kier alpha value is -0.380. The zero-order valence-corrected chi connectivity index (χ0v) is 5.64. The van der Waals surface area contributed by atoms with Crippen molar-refractivity contribution >= 4 is 27.7 Å². The third-order valence-corrected chi connectivity index (χ3v) is 1.53. The molecule has 44 valence electrons. The number of hydrogen-bond donors (Lipinski definition) is 0. The van der Waals surface area contributed by atoms with Crippen molar-refractivity contribution in [2.75, 3.05) is 5.45 Å². The van der Waals surface area contributed by atoms with Crippen molar-refractivity contribution in [1.82, 2.24) is 4.90 Å². The second-order valence-electron chi connectivity index (χ2n) is 1.51. The van der Waals surface area contributed by atoms with Gasteiger partial charge in [-0.05, 0) is 0 Å². The molecule has 1 aliphatic rings. The quantitative estimate of drug-likeness (QED) is 0.247. The zero-order chi connectivity index (χ0) is 6.15. The number of carbonyl (C=O) groups is 2. The number of hydrogen-bond acceptors (Lipinski definition) is 2. The minimum Gasteiger partial charge on any atom is -0.274 e. The number of alkyl halides is 1. The predicted octanol–water partition coefficient (Wildman–Crippen LogP) is 0.0977. The van der Waals surface area contributed by atoms with Gasteiger partial charge in [-0.2, -0.15) is 0 Å². The average molecular weight is 178 g/mol. The van der Waals surface area contributed by atoms with Gasteiger partial charge in [-0.25, -0.2) is 0 Å². The van der Waals surface area contributed by atoms with Crippen LogP contribution >= 0.6 is 15.9 Å².